The van der Waals surface area contributed by atoms with Crippen molar-refractivity contribution in [3.63, 3.8) is 0 Å². The van der Waals surface area contributed by atoms with Gasteiger partial charge in [0.1, 0.15) is 5.82 Å². The van der Waals surface area contributed by atoms with E-state index in [1.165, 1.54) is 25.1 Å². The van der Waals surface area contributed by atoms with Crippen LogP contribution >= 0.6 is 0 Å². The van der Waals surface area contributed by atoms with Gasteiger partial charge in [0.25, 0.3) is 0 Å². The number of methoxy groups -OCH3 is 1. The van der Waals surface area contributed by atoms with Gasteiger partial charge in [0.15, 0.2) is 0 Å². The maximum atomic E-state index is 13.2. The minimum atomic E-state index is -0.327. The van der Waals surface area contributed by atoms with Gasteiger partial charge >= 0.3 is 0 Å². The molecule has 1 fully saturated rings. The van der Waals surface area contributed by atoms with Gasteiger partial charge in [-0.15, -0.1) is 0 Å². The Morgan fingerprint density at radius 1 is 1.44 bits per heavy atom. The van der Waals surface area contributed by atoms with Gasteiger partial charge < -0.3 is 14.8 Å². The average molecular weight is 254 g/mol. The van der Waals surface area contributed by atoms with Crippen LogP contribution in [0, 0.1) is 5.82 Å². The molecule has 4 nitrogen and oxygen atoms in total. The monoisotopic (exact) mass is 254 g/mol. The molecule has 1 aromatic heterocycles. The second-order valence-corrected chi connectivity index (χ2v) is 4.47. The maximum Gasteiger partial charge on any atom is 0.218 e. The Bertz CT molecular complexity index is 383. The van der Waals surface area contributed by atoms with Gasteiger partial charge in [0.05, 0.1) is 12.8 Å². The molecular weight excluding hydrogens is 235 g/mol. The molecule has 0 saturated heterocycles. The minimum absolute atomic E-state index is 0.327. The van der Waals surface area contributed by atoms with E-state index in [9.17, 15) is 4.39 Å². The third-order valence-electron chi connectivity index (χ3n) is 2.78. The molecular formula is C13H19FN2O2. The van der Waals surface area contributed by atoms with Crippen molar-refractivity contribution in [3.8, 4) is 5.88 Å². The number of halogens is 1. The van der Waals surface area contributed by atoms with Crippen molar-refractivity contribution in [2.45, 2.75) is 31.8 Å². The van der Waals surface area contributed by atoms with Crippen LogP contribution in [0.4, 0.5) is 4.39 Å². The summed E-state index contributed by atoms with van der Waals surface area (Å²) in [6.07, 6.45) is 4.39. The summed E-state index contributed by atoms with van der Waals surface area (Å²) in [6.45, 7) is 1.79. The molecule has 18 heavy (non-hydrogen) atoms. The van der Waals surface area contributed by atoms with Crippen molar-refractivity contribution in [1.82, 2.24) is 10.3 Å². The van der Waals surface area contributed by atoms with Gasteiger partial charge in [-0.25, -0.2) is 9.37 Å². The molecule has 100 valence electrons. The van der Waals surface area contributed by atoms with Gasteiger partial charge in [-0.05, 0) is 18.9 Å². The summed E-state index contributed by atoms with van der Waals surface area (Å²) in [6, 6.07) is 2.06. The summed E-state index contributed by atoms with van der Waals surface area (Å²) >= 11 is 0. The van der Waals surface area contributed by atoms with E-state index in [-0.39, 0.29) is 5.82 Å². The van der Waals surface area contributed by atoms with E-state index in [1.54, 1.807) is 7.11 Å². The number of ether oxygens (including phenoxy) is 2. The molecule has 1 heterocycles. The van der Waals surface area contributed by atoms with E-state index in [0.29, 0.717) is 31.7 Å². The van der Waals surface area contributed by atoms with E-state index < -0.39 is 0 Å². The minimum Gasteiger partial charge on any atom is -0.477 e. The lowest BCUT2D eigenvalue weighted by molar-refractivity contribution is 0.170. The molecule has 5 heteroatoms. The van der Waals surface area contributed by atoms with Crippen LogP contribution in [-0.2, 0) is 11.3 Å². The summed E-state index contributed by atoms with van der Waals surface area (Å²) in [5.74, 6) is 0.187. The number of nitrogens with one attached hydrogen (secondary N) is 1. The van der Waals surface area contributed by atoms with Crippen molar-refractivity contribution >= 4 is 0 Å². The zero-order chi connectivity index (χ0) is 12.8. The molecule has 1 saturated carbocycles. The highest BCUT2D eigenvalue weighted by atomic mass is 19.1. The first-order valence-electron chi connectivity index (χ1n) is 6.29. The molecule has 0 bridgehead atoms. The lowest BCUT2D eigenvalue weighted by atomic mass is 10.2. The summed E-state index contributed by atoms with van der Waals surface area (Å²) in [7, 11) is 1.65. The van der Waals surface area contributed by atoms with Gasteiger partial charge in [-0.3, -0.25) is 0 Å². The number of pyridine rings is 1. The largest absolute Gasteiger partial charge is 0.477 e. The van der Waals surface area contributed by atoms with Crippen molar-refractivity contribution in [1.29, 1.82) is 0 Å². The van der Waals surface area contributed by atoms with Gasteiger partial charge in [-0.2, -0.15) is 0 Å². The molecule has 1 aliphatic rings. The van der Waals surface area contributed by atoms with Crippen LogP contribution in [-0.4, -0.2) is 31.3 Å². The molecule has 0 amide bonds. The molecule has 0 aromatic carbocycles. The van der Waals surface area contributed by atoms with Crippen molar-refractivity contribution in [3.05, 3.63) is 23.6 Å². The second kappa shape index (κ2) is 6.66. The summed E-state index contributed by atoms with van der Waals surface area (Å²) < 4.78 is 23.7. The molecule has 0 radical (unpaired) electrons. The molecule has 1 aromatic rings. The topological polar surface area (TPSA) is 43.4 Å². The Morgan fingerprint density at radius 3 is 3.00 bits per heavy atom. The van der Waals surface area contributed by atoms with Crippen molar-refractivity contribution < 1.29 is 13.9 Å². The van der Waals surface area contributed by atoms with Crippen LogP contribution in [0.1, 0.15) is 24.8 Å². The van der Waals surface area contributed by atoms with Crippen LogP contribution in [0.2, 0.25) is 0 Å². The smallest absolute Gasteiger partial charge is 0.218 e. The van der Waals surface area contributed by atoms with Crippen LogP contribution in [0.5, 0.6) is 5.88 Å². The van der Waals surface area contributed by atoms with Crippen molar-refractivity contribution in [2.24, 2.45) is 0 Å². The summed E-state index contributed by atoms with van der Waals surface area (Å²) in [5, 5.41) is 3.33. The number of hydrogen-bond donors (Lipinski definition) is 1. The number of nitrogens with zero attached hydrogens (tertiary/aromatic N) is 1. The van der Waals surface area contributed by atoms with Crippen molar-refractivity contribution in [2.75, 3.05) is 20.3 Å². The number of rotatable bonds is 8. The van der Waals surface area contributed by atoms with Crippen LogP contribution in [0.25, 0.3) is 0 Å². The van der Waals surface area contributed by atoms with Gasteiger partial charge in [0, 0.05) is 38.3 Å². The van der Waals surface area contributed by atoms with E-state index >= 15 is 0 Å². The van der Waals surface area contributed by atoms with Gasteiger partial charge in [-0.1, -0.05) is 0 Å². The molecule has 0 spiro atoms. The van der Waals surface area contributed by atoms with Gasteiger partial charge in [0.2, 0.25) is 5.88 Å². The molecule has 1 N–H and O–H groups in total. The molecule has 1 aliphatic carbocycles. The highest BCUT2D eigenvalue weighted by Crippen LogP contribution is 2.22. The maximum absolute atomic E-state index is 13.2. The molecule has 0 unspecified atom stereocenters. The zero-order valence-electron chi connectivity index (χ0n) is 10.6. The Kier molecular flexibility index (Phi) is 4.90. The third-order valence-corrected chi connectivity index (χ3v) is 2.78. The second-order valence-electron chi connectivity index (χ2n) is 4.47. The normalized spacial score (nSPS) is 14.8. The number of hydrogen-bond acceptors (Lipinski definition) is 4. The zero-order valence-corrected chi connectivity index (χ0v) is 10.6. The average Bonchev–Trinajstić information content (AvgIpc) is 3.18. The summed E-state index contributed by atoms with van der Waals surface area (Å²) in [4.78, 5) is 4.00. The van der Waals surface area contributed by atoms with Crippen LogP contribution < -0.4 is 10.1 Å². The Morgan fingerprint density at radius 2 is 2.28 bits per heavy atom. The lowest BCUT2D eigenvalue weighted by Crippen LogP contribution is -2.17. The highest BCUT2D eigenvalue weighted by molar-refractivity contribution is 5.26. The highest BCUT2D eigenvalue weighted by Gasteiger charge is 2.21. The fraction of sp³-hybridized carbons (Fsp3) is 0.615. The van der Waals surface area contributed by atoms with Crippen LogP contribution in [0.15, 0.2) is 12.3 Å². The lowest BCUT2D eigenvalue weighted by Gasteiger charge is -2.10. The van der Waals surface area contributed by atoms with E-state index in [0.717, 1.165) is 12.0 Å². The van der Waals surface area contributed by atoms with E-state index in [4.69, 9.17) is 9.47 Å². The SMILES string of the molecule is COCCCOc1ncc(F)cc1CNC1CC1. The summed E-state index contributed by atoms with van der Waals surface area (Å²) in [5.41, 5.74) is 0.777. The standard InChI is InChI=1S/C13H19FN2O2/c1-17-5-2-6-18-13-10(7-11(14)9-16-13)8-15-12-3-4-12/h7,9,12,15H,2-6,8H2,1H3. The first-order chi connectivity index (χ1) is 8.79. The van der Waals surface area contributed by atoms with E-state index in [2.05, 4.69) is 10.3 Å². The first-order valence-corrected chi connectivity index (χ1v) is 6.29. The first kappa shape index (κ1) is 13.2. The van der Waals surface area contributed by atoms with E-state index in [1.807, 2.05) is 0 Å². The molecule has 0 atom stereocenters. The Labute approximate surface area is 107 Å². The Balaban J connectivity index is 1.88. The fourth-order valence-corrected chi connectivity index (χ4v) is 1.64. The predicted octanol–water partition coefficient (Wildman–Crippen LogP) is 1.89. The fourth-order valence-electron chi connectivity index (χ4n) is 1.64. The molecule has 0 aliphatic heterocycles. The predicted molar refractivity (Wildman–Crippen MR) is 66.0 cm³/mol. The Hall–Kier alpha value is -1.20. The third kappa shape index (κ3) is 4.23. The quantitative estimate of drug-likeness (QED) is 0.719. The number of aromatic nitrogens is 1. The van der Waals surface area contributed by atoms with Crippen LogP contribution in [0.3, 0.4) is 0 Å². The molecule has 2 rings (SSSR count).